The maximum Gasteiger partial charge on any atom is 0.346 e. The third-order valence-electron chi connectivity index (χ3n) is 2.56. The SMILES string of the molecule is CCN(CC)C(=O)n1cnc(SC(C)C(C)=O)n1. The van der Waals surface area contributed by atoms with Crippen molar-refractivity contribution in [3.63, 3.8) is 0 Å². The third-order valence-corrected chi connectivity index (χ3v) is 3.64. The van der Waals surface area contributed by atoms with Crippen LogP contribution >= 0.6 is 11.8 Å². The van der Waals surface area contributed by atoms with Crippen molar-refractivity contribution in [3.8, 4) is 0 Å². The van der Waals surface area contributed by atoms with Crippen molar-refractivity contribution in [3.05, 3.63) is 6.33 Å². The highest BCUT2D eigenvalue weighted by Gasteiger charge is 2.17. The molecule has 0 aliphatic carbocycles. The van der Waals surface area contributed by atoms with Crippen LogP contribution in [0, 0.1) is 0 Å². The van der Waals surface area contributed by atoms with Gasteiger partial charge in [0.1, 0.15) is 12.1 Å². The van der Waals surface area contributed by atoms with E-state index in [4.69, 9.17) is 0 Å². The average molecular weight is 270 g/mol. The van der Waals surface area contributed by atoms with Crippen LogP contribution in [-0.2, 0) is 4.79 Å². The maximum atomic E-state index is 12.0. The molecule has 7 heteroatoms. The second kappa shape index (κ2) is 6.53. The molecule has 100 valence electrons. The summed E-state index contributed by atoms with van der Waals surface area (Å²) in [6.45, 7) is 8.39. The van der Waals surface area contributed by atoms with Crippen LogP contribution < -0.4 is 0 Å². The number of hydrogen-bond donors (Lipinski definition) is 0. The summed E-state index contributed by atoms with van der Waals surface area (Å²) >= 11 is 1.25. The number of rotatable bonds is 5. The second-order valence-corrected chi connectivity index (χ2v) is 5.11. The van der Waals surface area contributed by atoms with E-state index in [1.165, 1.54) is 29.7 Å². The molecule has 0 bridgehead atoms. The van der Waals surface area contributed by atoms with Crippen LogP contribution in [0.3, 0.4) is 0 Å². The molecule has 1 atom stereocenters. The van der Waals surface area contributed by atoms with Gasteiger partial charge >= 0.3 is 6.03 Å². The first-order valence-electron chi connectivity index (χ1n) is 5.87. The van der Waals surface area contributed by atoms with Gasteiger partial charge < -0.3 is 4.90 Å². The molecule has 1 rings (SSSR count). The molecule has 0 spiro atoms. The van der Waals surface area contributed by atoms with Gasteiger partial charge in [0.25, 0.3) is 0 Å². The summed E-state index contributed by atoms with van der Waals surface area (Å²) in [6.07, 6.45) is 1.38. The van der Waals surface area contributed by atoms with E-state index >= 15 is 0 Å². The Hall–Kier alpha value is -1.37. The fraction of sp³-hybridized carbons (Fsp3) is 0.636. The van der Waals surface area contributed by atoms with Crippen molar-refractivity contribution in [1.82, 2.24) is 19.7 Å². The van der Waals surface area contributed by atoms with Crippen LogP contribution in [-0.4, -0.2) is 49.8 Å². The van der Waals surface area contributed by atoms with Crippen LogP contribution in [0.2, 0.25) is 0 Å². The highest BCUT2D eigenvalue weighted by molar-refractivity contribution is 8.00. The van der Waals surface area contributed by atoms with Crippen molar-refractivity contribution in [1.29, 1.82) is 0 Å². The number of ketones is 1. The largest absolute Gasteiger partial charge is 0.346 e. The molecule has 0 N–H and O–H groups in total. The Labute approximate surface area is 111 Å². The lowest BCUT2D eigenvalue weighted by Crippen LogP contribution is -2.34. The molecule has 0 aliphatic rings. The number of hydrogen-bond acceptors (Lipinski definition) is 5. The first kappa shape index (κ1) is 14.7. The summed E-state index contributed by atoms with van der Waals surface area (Å²) in [5, 5.41) is 4.31. The molecule has 18 heavy (non-hydrogen) atoms. The Morgan fingerprint density at radius 2 is 2.06 bits per heavy atom. The number of thioether (sulfide) groups is 1. The Morgan fingerprint density at radius 3 is 2.56 bits per heavy atom. The molecule has 0 aromatic carbocycles. The first-order valence-corrected chi connectivity index (χ1v) is 6.75. The number of carbonyl (C=O) groups excluding carboxylic acids is 2. The monoisotopic (exact) mass is 270 g/mol. The van der Waals surface area contributed by atoms with Crippen molar-refractivity contribution in [2.75, 3.05) is 13.1 Å². The van der Waals surface area contributed by atoms with Gasteiger partial charge in [0.15, 0.2) is 0 Å². The molecule has 1 unspecified atom stereocenters. The van der Waals surface area contributed by atoms with Gasteiger partial charge in [-0.25, -0.2) is 9.78 Å². The lowest BCUT2D eigenvalue weighted by atomic mass is 10.3. The summed E-state index contributed by atoms with van der Waals surface area (Å²) in [4.78, 5) is 28.8. The van der Waals surface area contributed by atoms with E-state index in [0.29, 0.717) is 18.2 Å². The molecule has 1 aromatic heterocycles. The predicted octanol–water partition coefficient (Wildman–Crippen LogP) is 1.66. The average Bonchev–Trinajstić information content (AvgIpc) is 2.78. The molecule has 1 heterocycles. The minimum Gasteiger partial charge on any atom is -0.323 e. The lowest BCUT2D eigenvalue weighted by Gasteiger charge is -2.17. The Morgan fingerprint density at radius 1 is 1.44 bits per heavy atom. The molecule has 1 aromatic rings. The summed E-state index contributed by atoms with van der Waals surface area (Å²) in [5.41, 5.74) is 0. The van der Waals surface area contributed by atoms with Gasteiger partial charge in [-0.05, 0) is 27.7 Å². The first-order chi connectivity index (χ1) is 8.49. The number of carbonyl (C=O) groups is 2. The van der Waals surface area contributed by atoms with Gasteiger partial charge in [-0.1, -0.05) is 11.8 Å². The summed E-state index contributed by atoms with van der Waals surface area (Å²) in [6, 6.07) is -0.199. The molecule has 1 amide bonds. The standard InChI is InChI=1S/C11H18N4O2S/c1-5-14(6-2)11(17)15-7-12-10(13-15)18-9(4)8(3)16/h7,9H,5-6H2,1-4H3. The van der Waals surface area contributed by atoms with Gasteiger partial charge in [-0.2, -0.15) is 4.68 Å². The molecular formula is C11H18N4O2S. The van der Waals surface area contributed by atoms with E-state index in [-0.39, 0.29) is 17.1 Å². The Bertz CT molecular complexity index is 428. The molecule has 0 radical (unpaired) electrons. The van der Waals surface area contributed by atoms with Crippen LogP contribution in [0.1, 0.15) is 27.7 Å². The van der Waals surface area contributed by atoms with E-state index in [1.807, 2.05) is 13.8 Å². The molecule has 0 saturated carbocycles. The molecule has 0 fully saturated rings. The minimum atomic E-state index is -0.204. The van der Waals surface area contributed by atoms with Crippen molar-refractivity contribution in [2.24, 2.45) is 0 Å². The van der Waals surface area contributed by atoms with Gasteiger partial charge in [0, 0.05) is 13.1 Å². The smallest absolute Gasteiger partial charge is 0.323 e. The zero-order valence-corrected chi connectivity index (χ0v) is 11.9. The van der Waals surface area contributed by atoms with Crippen LogP contribution in [0.5, 0.6) is 0 Å². The number of amides is 1. The van der Waals surface area contributed by atoms with E-state index < -0.39 is 0 Å². The molecule has 6 nitrogen and oxygen atoms in total. The quantitative estimate of drug-likeness (QED) is 0.761. The zero-order chi connectivity index (χ0) is 13.7. The highest BCUT2D eigenvalue weighted by atomic mass is 32.2. The van der Waals surface area contributed by atoms with Crippen LogP contribution in [0.25, 0.3) is 0 Å². The topological polar surface area (TPSA) is 68.1 Å². The summed E-state index contributed by atoms with van der Waals surface area (Å²) in [7, 11) is 0. The van der Waals surface area contributed by atoms with Gasteiger partial charge in [-0.15, -0.1) is 5.10 Å². The van der Waals surface area contributed by atoms with E-state index in [0.717, 1.165) is 0 Å². The summed E-state index contributed by atoms with van der Waals surface area (Å²) < 4.78 is 1.21. The predicted molar refractivity (Wildman–Crippen MR) is 69.7 cm³/mol. The Balaban J connectivity index is 2.74. The lowest BCUT2D eigenvalue weighted by molar-refractivity contribution is -0.116. The highest BCUT2D eigenvalue weighted by Crippen LogP contribution is 2.19. The van der Waals surface area contributed by atoms with Gasteiger partial charge in [0.2, 0.25) is 5.16 Å². The Kier molecular flexibility index (Phi) is 5.33. The van der Waals surface area contributed by atoms with E-state index in [2.05, 4.69) is 10.1 Å². The van der Waals surface area contributed by atoms with E-state index in [1.54, 1.807) is 11.8 Å². The minimum absolute atomic E-state index is 0.0615. The van der Waals surface area contributed by atoms with Crippen molar-refractivity contribution in [2.45, 2.75) is 38.1 Å². The maximum absolute atomic E-state index is 12.0. The van der Waals surface area contributed by atoms with Crippen molar-refractivity contribution >= 4 is 23.6 Å². The van der Waals surface area contributed by atoms with E-state index in [9.17, 15) is 9.59 Å². The number of aromatic nitrogens is 3. The van der Waals surface area contributed by atoms with Crippen LogP contribution in [0.4, 0.5) is 4.79 Å². The fourth-order valence-corrected chi connectivity index (χ4v) is 2.00. The molecule has 0 aliphatic heterocycles. The molecule has 0 saturated heterocycles. The number of Topliss-reactive ketones (excluding diaryl/α,β-unsaturated/α-hetero) is 1. The normalized spacial score (nSPS) is 12.2. The van der Waals surface area contributed by atoms with Crippen LogP contribution in [0.15, 0.2) is 11.5 Å². The second-order valence-electron chi connectivity index (χ2n) is 3.80. The third kappa shape index (κ3) is 3.56. The molecular weight excluding hydrogens is 252 g/mol. The zero-order valence-electron chi connectivity index (χ0n) is 11.1. The number of nitrogens with zero attached hydrogens (tertiary/aromatic N) is 4. The fourth-order valence-electron chi connectivity index (χ4n) is 1.27. The van der Waals surface area contributed by atoms with Gasteiger partial charge in [-0.3, -0.25) is 4.79 Å². The van der Waals surface area contributed by atoms with Crippen molar-refractivity contribution < 1.29 is 9.59 Å². The van der Waals surface area contributed by atoms with Gasteiger partial charge in [0.05, 0.1) is 5.25 Å². The summed E-state index contributed by atoms with van der Waals surface area (Å²) in [5.74, 6) is 0.0615.